The summed E-state index contributed by atoms with van der Waals surface area (Å²) in [6.45, 7) is 1.73. The van der Waals surface area contributed by atoms with E-state index in [1.807, 2.05) is 0 Å². The number of aromatic amines is 1. The van der Waals surface area contributed by atoms with E-state index in [1.54, 1.807) is 0 Å². The molecule has 0 bridgehead atoms. The fourth-order valence-electron chi connectivity index (χ4n) is 5.22. The van der Waals surface area contributed by atoms with Crippen LogP contribution in [0.4, 0.5) is 19.0 Å². The SMILES string of the molecule is O=C(Nc1cc(-c2cc(OCC3CCOCC3)ccc2C(F)(F)F)ccn1)c1nnc(CC2CCCCC2)[nH]1. The summed E-state index contributed by atoms with van der Waals surface area (Å²) < 4.78 is 52.9. The van der Waals surface area contributed by atoms with Gasteiger partial charge >= 0.3 is 6.18 Å². The number of H-pyrrole nitrogens is 1. The van der Waals surface area contributed by atoms with Crippen LogP contribution in [0.1, 0.15) is 67.0 Å². The fraction of sp³-hybridized carbons (Fsp3) is 0.500. The third-order valence-electron chi connectivity index (χ3n) is 7.39. The van der Waals surface area contributed by atoms with Crippen molar-refractivity contribution in [3.05, 3.63) is 53.7 Å². The van der Waals surface area contributed by atoms with Gasteiger partial charge in [0.2, 0.25) is 5.82 Å². The molecule has 0 atom stereocenters. The highest BCUT2D eigenvalue weighted by Gasteiger charge is 2.34. The Morgan fingerprint density at radius 1 is 1.03 bits per heavy atom. The van der Waals surface area contributed by atoms with Crippen molar-refractivity contribution in [1.82, 2.24) is 20.2 Å². The number of pyridine rings is 1. The van der Waals surface area contributed by atoms with Crippen molar-refractivity contribution < 1.29 is 27.4 Å². The Balaban J connectivity index is 1.30. The average molecular weight is 544 g/mol. The van der Waals surface area contributed by atoms with Gasteiger partial charge in [-0.15, -0.1) is 10.2 Å². The maximum absolute atomic E-state index is 13.9. The van der Waals surface area contributed by atoms with E-state index in [2.05, 4.69) is 25.5 Å². The second kappa shape index (κ2) is 12.1. The summed E-state index contributed by atoms with van der Waals surface area (Å²) in [5.74, 6) is 1.40. The number of amides is 1. The van der Waals surface area contributed by atoms with Gasteiger partial charge in [0.05, 0.1) is 12.2 Å². The van der Waals surface area contributed by atoms with Crippen LogP contribution in [-0.4, -0.2) is 45.9 Å². The van der Waals surface area contributed by atoms with Crippen molar-refractivity contribution in [2.45, 2.75) is 57.5 Å². The van der Waals surface area contributed by atoms with Crippen LogP contribution in [0.25, 0.3) is 11.1 Å². The first kappa shape index (κ1) is 27.1. The average Bonchev–Trinajstić information content (AvgIpc) is 3.41. The highest BCUT2D eigenvalue weighted by Crippen LogP contribution is 2.39. The van der Waals surface area contributed by atoms with Crippen molar-refractivity contribution in [1.29, 1.82) is 0 Å². The second-order valence-corrected chi connectivity index (χ2v) is 10.3. The number of carbonyl (C=O) groups excluding carboxylic acids is 1. The minimum absolute atomic E-state index is 0.0347. The standard InChI is InChI=1S/C28H32F3N5O3/c29-28(30,31)23-7-6-21(39-17-19-9-12-38-13-10-19)16-22(23)20-8-11-32-24(15-20)34-27(37)26-33-25(35-36-26)14-18-4-2-1-3-5-18/h6-8,11,15-16,18-19H,1-5,9-10,12-14,17H2,(H,32,34,37)(H,33,35,36). The van der Waals surface area contributed by atoms with Crippen molar-refractivity contribution in [2.24, 2.45) is 11.8 Å². The Bertz CT molecular complexity index is 1270. The zero-order valence-corrected chi connectivity index (χ0v) is 21.6. The quantitative estimate of drug-likeness (QED) is 0.358. The van der Waals surface area contributed by atoms with Crippen LogP contribution < -0.4 is 10.1 Å². The van der Waals surface area contributed by atoms with E-state index in [0.717, 1.165) is 38.2 Å². The lowest BCUT2D eigenvalue weighted by molar-refractivity contribution is -0.137. The molecular weight excluding hydrogens is 511 g/mol. The van der Waals surface area contributed by atoms with Crippen LogP contribution in [0.15, 0.2) is 36.5 Å². The van der Waals surface area contributed by atoms with E-state index in [-0.39, 0.29) is 22.8 Å². The van der Waals surface area contributed by atoms with E-state index in [4.69, 9.17) is 9.47 Å². The van der Waals surface area contributed by atoms with E-state index < -0.39 is 17.6 Å². The molecule has 2 aromatic heterocycles. The topological polar surface area (TPSA) is 102 Å². The number of carbonyl (C=O) groups is 1. The second-order valence-electron chi connectivity index (χ2n) is 10.3. The van der Waals surface area contributed by atoms with Crippen LogP contribution in [0.2, 0.25) is 0 Å². The number of rotatable bonds is 8. The van der Waals surface area contributed by atoms with Crippen molar-refractivity contribution in [3.8, 4) is 16.9 Å². The highest BCUT2D eigenvalue weighted by atomic mass is 19.4. The van der Waals surface area contributed by atoms with E-state index in [1.165, 1.54) is 49.7 Å². The summed E-state index contributed by atoms with van der Waals surface area (Å²) in [7, 11) is 0. The number of hydrogen-bond donors (Lipinski definition) is 2. The first-order chi connectivity index (χ1) is 18.8. The minimum atomic E-state index is -4.57. The number of benzene rings is 1. The number of aromatic nitrogens is 4. The van der Waals surface area contributed by atoms with Crippen molar-refractivity contribution in [2.75, 3.05) is 25.1 Å². The highest BCUT2D eigenvalue weighted by molar-refractivity contribution is 6.01. The van der Waals surface area contributed by atoms with Crippen molar-refractivity contribution >= 4 is 11.7 Å². The molecule has 39 heavy (non-hydrogen) atoms. The Hall–Kier alpha value is -3.47. The predicted molar refractivity (Wildman–Crippen MR) is 138 cm³/mol. The van der Waals surface area contributed by atoms with Gasteiger partial charge in [-0.05, 0) is 66.1 Å². The maximum atomic E-state index is 13.9. The van der Waals surface area contributed by atoms with Gasteiger partial charge in [0.15, 0.2) is 0 Å². The Labute approximate surface area is 224 Å². The molecule has 2 aliphatic rings. The van der Waals surface area contributed by atoms with E-state index in [9.17, 15) is 18.0 Å². The van der Waals surface area contributed by atoms with Gasteiger partial charge in [-0.3, -0.25) is 4.79 Å². The smallest absolute Gasteiger partial charge is 0.417 e. The number of nitrogens with one attached hydrogen (secondary N) is 2. The largest absolute Gasteiger partial charge is 0.493 e. The third-order valence-corrected chi connectivity index (χ3v) is 7.39. The van der Waals surface area contributed by atoms with Crippen LogP contribution in [0.3, 0.4) is 0 Å². The Morgan fingerprint density at radius 3 is 2.59 bits per heavy atom. The summed E-state index contributed by atoms with van der Waals surface area (Å²) in [6, 6.07) is 6.63. The van der Waals surface area contributed by atoms with Gasteiger partial charge in [-0.1, -0.05) is 32.1 Å². The minimum Gasteiger partial charge on any atom is -0.493 e. The number of hydrogen-bond acceptors (Lipinski definition) is 6. The predicted octanol–water partition coefficient (Wildman–Crippen LogP) is 6.07. The summed E-state index contributed by atoms with van der Waals surface area (Å²) in [4.78, 5) is 19.9. The number of alkyl halides is 3. The number of nitrogens with zero attached hydrogens (tertiary/aromatic N) is 3. The molecule has 1 aromatic carbocycles. The van der Waals surface area contributed by atoms with Gasteiger partial charge in [0.25, 0.3) is 5.91 Å². The van der Waals surface area contributed by atoms with Gasteiger partial charge in [-0.2, -0.15) is 13.2 Å². The first-order valence-electron chi connectivity index (χ1n) is 13.5. The number of anilines is 1. The molecule has 0 radical (unpaired) electrons. The lowest BCUT2D eigenvalue weighted by Gasteiger charge is -2.22. The normalized spacial score (nSPS) is 17.2. The lowest BCUT2D eigenvalue weighted by atomic mass is 9.87. The number of halogens is 3. The number of ether oxygens (including phenoxy) is 2. The van der Waals surface area contributed by atoms with Crippen LogP contribution in [-0.2, 0) is 17.3 Å². The zero-order valence-electron chi connectivity index (χ0n) is 21.6. The molecular formula is C28H32F3N5O3. The molecule has 1 saturated carbocycles. The summed E-state index contributed by atoms with van der Waals surface area (Å²) >= 11 is 0. The lowest BCUT2D eigenvalue weighted by Crippen LogP contribution is -2.21. The Morgan fingerprint density at radius 2 is 1.82 bits per heavy atom. The monoisotopic (exact) mass is 543 g/mol. The molecule has 1 aliphatic carbocycles. The molecule has 0 unspecified atom stereocenters. The van der Waals surface area contributed by atoms with Crippen LogP contribution in [0, 0.1) is 11.8 Å². The molecule has 11 heteroatoms. The molecule has 2 N–H and O–H groups in total. The Kier molecular flexibility index (Phi) is 8.44. The molecule has 208 valence electrons. The van der Waals surface area contributed by atoms with E-state index in [0.29, 0.717) is 43.2 Å². The molecule has 3 aromatic rings. The van der Waals surface area contributed by atoms with Gasteiger partial charge in [0.1, 0.15) is 17.4 Å². The summed E-state index contributed by atoms with van der Waals surface area (Å²) in [5, 5.41) is 10.7. The van der Waals surface area contributed by atoms with Gasteiger partial charge in [0, 0.05) is 25.8 Å². The molecule has 8 nitrogen and oxygen atoms in total. The molecule has 1 amide bonds. The van der Waals surface area contributed by atoms with Gasteiger partial charge < -0.3 is 19.8 Å². The first-order valence-corrected chi connectivity index (χ1v) is 13.5. The van der Waals surface area contributed by atoms with Crippen molar-refractivity contribution in [3.63, 3.8) is 0 Å². The van der Waals surface area contributed by atoms with E-state index >= 15 is 0 Å². The fourth-order valence-corrected chi connectivity index (χ4v) is 5.22. The maximum Gasteiger partial charge on any atom is 0.417 e. The molecule has 2 fully saturated rings. The van der Waals surface area contributed by atoms with Crippen LogP contribution in [0.5, 0.6) is 5.75 Å². The van der Waals surface area contributed by atoms with Crippen LogP contribution >= 0.6 is 0 Å². The molecule has 3 heterocycles. The summed E-state index contributed by atoms with van der Waals surface area (Å²) in [6.07, 6.45) is 5.17. The molecule has 0 spiro atoms. The zero-order chi connectivity index (χ0) is 27.2. The molecule has 5 rings (SSSR count). The summed E-state index contributed by atoms with van der Waals surface area (Å²) in [5.41, 5.74) is -0.606. The van der Waals surface area contributed by atoms with Gasteiger partial charge in [-0.25, -0.2) is 4.98 Å². The molecule has 1 aliphatic heterocycles. The molecule has 1 saturated heterocycles. The third kappa shape index (κ3) is 7.14.